The Bertz CT molecular complexity index is 451. The fraction of sp³-hybridized carbons (Fsp3) is 0.643. The number of esters is 1. The third-order valence-electron chi connectivity index (χ3n) is 4.43. The molecule has 102 valence electrons. The Hall–Kier alpha value is -1.49. The highest BCUT2D eigenvalue weighted by atomic mass is 16.5. The van der Waals surface area contributed by atoms with Gasteiger partial charge in [0.05, 0.1) is 7.11 Å². The van der Waals surface area contributed by atoms with E-state index >= 15 is 0 Å². The highest BCUT2D eigenvalue weighted by Gasteiger charge is 2.47. The molecular formula is C14H19N3O2. The molecule has 0 unspecified atom stereocenters. The molecule has 0 aromatic carbocycles. The van der Waals surface area contributed by atoms with Crippen LogP contribution in [0.3, 0.4) is 0 Å². The van der Waals surface area contributed by atoms with Crippen LogP contribution in [0.5, 0.6) is 0 Å². The Morgan fingerprint density at radius 1 is 1.42 bits per heavy atom. The lowest BCUT2D eigenvalue weighted by atomic mass is 9.94. The zero-order chi connectivity index (χ0) is 13.2. The first-order chi connectivity index (χ1) is 9.29. The standard InChI is InChI=1S/C14H19N3O2/c1-19-14(18)13-12-4-2-3-11(12)8-17(13)7-10-5-15-9-16-6-10/h5-6,9,11-13H,2-4,7-8H2,1H3/t11-,12+,13-/m0/s1. The van der Waals surface area contributed by atoms with Crippen molar-refractivity contribution in [3.05, 3.63) is 24.3 Å². The third-order valence-corrected chi connectivity index (χ3v) is 4.43. The molecule has 1 aromatic rings. The van der Waals surface area contributed by atoms with Gasteiger partial charge in [0.2, 0.25) is 0 Å². The second-order valence-corrected chi connectivity index (χ2v) is 5.50. The van der Waals surface area contributed by atoms with Crippen molar-refractivity contribution in [1.82, 2.24) is 14.9 Å². The quantitative estimate of drug-likeness (QED) is 0.766. The molecule has 5 nitrogen and oxygen atoms in total. The van der Waals surface area contributed by atoms with E-state index in [1.807, 2.05) is 12.4 Å². The maximum atomic E-state index is 12.1. The lowest BCUT2D eigenvalue weighted by Gasteiger charge is -2.25. The number of fused-ring (bicyclic) bond motifs is 1. The Labute approximate surface area is 113 Å². The lowest BCUT2D eigenvalue weighted by Crippen LogP contribution is -2.40. The highest BCUT2D eigenvalue weighted by molar-refractivity contribution is 5.76. The zero-order valence-corrected chi connectivity index (χ0v) is 11.2. The van der Waals surface area contributed by atoms with Crippen molar-refractivity contribution in [2.45, 2.75) is 31.8 Å². The van der Waals surface area contributed by atoms with E-state index in [0.29, 0.717) is 11.8 Å². The molecule has 0 N–H and O–H groups in total. The fourth-order valence-electron chi connectivity index (χ4n) is 3.65. The predicted molar refractivity (Wildman–Crippen MR) is 69.1 cm³/mol. The molecule has 19 heavy (non-hydrogen) atoms. The topological polar surface area (TPSA) is 55.3 Å². The van der Waals surface area contributed by atoms with Crippen molar-refractivity contribution >= 4 is 5.97 Å². The number of methoxy groups -OCH3 is 1. The monoisotopic (exact) mass is 261 g/mol. The van der Waals surface area contributed by atoms with Crippen LogP contribution in [0.15, 0.2) is 18.7 Å². The Balaban J connectivity index is 1.78. The average molecular weight is 261 g/mol. The molecule has 0 spiro atoms. The maximum Gasteiger partial charge on any atom is 0.323 e. The molecule has 1 saturated carbocycles. The van der Waals surface area contributed by atoms with Crippen LogP contribution in [0.2, 0.25) is 0 Å². The van der Waals surface area contributed by atoms with Crippen molar-refractivity contribution < 1.29 is 9.53 Å². The van der Waals surface area contributed by atoms with Gasteiger partial charge < -0.3 is 4.74 Å². The van der Waals surface area contributed by atoms with Crippen LogP contribution in [-0.2, 0) is 16.1 Å². The summed E-state index contributed by atoms with van der Waals surface area (Å²) >= 11 is 0. The number of carbonyl (C=O) groups excluding carboxylic acids is 1. The highest BCUT2D eigenvalue weighted by Crippen LogP contribution is 2.42. The molecule has 0 amide bonds. The molecule has 0 bridgehead atoms. The molecule has 2 fully saturated rings. The number of ether oxygens (including phenoxy) is 1. The first kappa shape index (κ1) is 12.5. The molecule has 2 heterocycles. The summed E-state index contributed by atoms with van der Waals surface area (Å²) in [4.78, 5) is 22.4. The minimum Gasteiger partial charge on any atom is -0.468 e. The van der Waals surface area contributed by atoms with Crippen molar-refractivity contribution in [1.29, 1.82) is 0 Å². The van der Waals surface area contributed by atoms with Crippen molar-refractivity contribution in [2.75, 3.05) is 13.7 Å². The van der Waals surface area contributed by atoms with E-state index in [2.05, 4.69) is 14.9 Å². The van der Waals surface area contributed by atoms with Crippen LogP contribution < -0.4 is 0 Å². The van der Waals surface area contributed by atoms with Crippen LogP contribution in [0, 0.1) is 11.8 Å². The first-order valence-electron chi connectivity index (χ1n) is 6.85. The molecule has 1 aliphatic carbocycles. The van der Waals surface area contributed by atoms with Crippen LogP contribution >= 0.6 is 0 Å². The van der Waals surface area contributed by atoms with Crippen molar-refractivity contribution in [2.24, 2.45) is 11.8 Å². The second-order valence-electron chi connectivity index (χ2n) is 5.50. The van der Waals surface area contributed by atoms with E-state index in [9.17, 15) is 4.79 Å². The minimum absolute atomic E-state index is 0.0855. The smallest absolute Gasteiger partial charge is 0.323 e. The molecule has 1 saturated heterocycles. The van der Waals surface area contributed by atoms with Crippen LogP contribution in [0.4, 0.5) is 0 Å². The Morgan fingerprint density at radius 2 is 2.21 bits per heavy atom. The SMILES string of the molecule is COC(=O)[C@@H]1[C@@H]2CCC[C@H]2CN1Cc1cncnc1. The van der Waals surface area contributed by atoms with Gasteiger partial charge in [-0.3, -0.25) is 9.69 Å². The van der Waals surface area contributed by atoms with E-state index in [1.165, 1.54) is 26.3 Å². The van der Waals surface area contributed by atoms with Gasteiger partial charge in [0.15, 0.2) is 0 Å². The van der Waals surface area contributed by atoms with Crippen molar-refractivity contribution in [3.8, 4) is 0 Å². The van der Waals surface area contributed by atoms with Gasteiger partial charge in [-0.1, -0.05) is 6.42 Å². The normalized spacial score (nSPS) is 30.3. The van der Waals surface area contributed by atoms with Gasteiger partial charge in [-0.05, 0) is 24.7 Å². The number of hydrogen-bond acceptors (Lipinski definition) is 5. The number of carbonyl (C=O) groups is 1. The second kappa shape index (κ2) is 5.25. The molecule has 3 rings (SSSR count). The van der Waals surface area contributed by atoms with Gasteiger partial charge in [-0.25, -0.2) is 9.97 Å². The van der Waals surface area contributed by atoms with E-state index in [4.69, 9.17) is 4.74 Å². The number of rotatable bonds is 3. The van der Waals surface area contributed by atoms with Gasteiger partial charge in [0.25, 0.3) is 0 Å². The lowest BCUT2D eigenvalue weighted by molar-refractivity contribution is -0.147. The van der Waals surface area contributed by atoms with Gasteiger partial charge >= 0.3 is 5.97 Å². The van der Waals surface area contributed by atoms with E-state index in [1.54, 1.807) is 0 Å². The minimum atomic E-state index is -0.0914. The number of hydrogen-bond donors (Lipinski definition) is 0. The van der Waals surface area contributed by atoms with Gasteiger partial charge in [0, 0.05) is 31.0 Å². The molecule has 2 aliphatic rings. The van der Waals surface area contributed by atoms with Crippen LogP contribution in [-0.4, -0.2) is 40.5 Å². The number of aromatic nitrogens is 2. The van der Waals surface area contributed by atoms with Gasteiger partial charge in [-0.15, -0.1) is 0 Å². The summed E-state index contributed by atoms with van der Waals surface area (Å²) in [5, 5.41) is 0. The first-order valence-corrected chi connectivity index (χ1v) is 6.85. The summed E-state index contributed by atoms with van der Waals surface area (Å²) in [7, 11) is 1.48. The Kier molecular flexibility index (Phi) is 3.46. The number of nitrogens with zero attached hydrogens (tertiary/aromatic N) is 3. The van der Waals surface area contributed by atoms with Gasteiger partial charge in [0.1, 0.15) is 12.4 Å². The summed E-state index contributed by atoms with van der Waals surface area (Å²) in [6.45, 7) is 1.72. The molecule has 1 aromatic heterocycles. The van der Waals surface area contributed by atoms with Crippen molar-refractivity contribution in [3.63, 3.8) is 0 Å². The summed E-state index contributed by atoms with van der Waals surface area (Å²) in [6.07, 6.45) is 8.78. The van der Waals surface area contributed by atoms with Crippen LogP contribution in [0.1, 0.15) is 24.8 Å². The summed E-state index contributed by atoms with van der Waals surface area (Å²) in [5.74, 6) is 1.03. The zero-order valence-electron chi connectivity index (χ0n) is 11.2. The number of likely N-dealkylation sites (tertiary alicyclic amines) is 1. The molecule has 1 aliphatic heterocycles. The molecular weight excluding hydrogens is 242 g/mol. The summed E-state index contributed by atoms with van der Waals surface area (Å²) in [6, 6.07) is -0.0855. The fourth-order valence-corrected chi connectivity index (χ4v) is 3.65. The average Bonchev–Trinajstić information content (AvgIpc) is 2.99. The van der Waals surface area contributed by atoms with E-state index in [-0.39, 0.29) is 12.0 Å². The largest absolute Gasteiger partial charge is 0.468 e. The van der Waals surface area contributed by atoms with Crippen LogP contribution in [0.25, 0.3) is 0 Å². The third kappa shape index (κ3) is 2.34. The molecule has 0 radical (unpaired) electrons. The van der Waals surface area contributed by atoms with E-state index in [0.717, 1.165) is 25.1 Å². The molecule has 3 atom stereocenters. The summed E-state index contributed by atoms with van der Waals surface area (Å²) in [5.41, 5.74) is 1.05. The predicted octanol–water partition coefficient (Wildman–Crippen LogP) is 1.25. The molecule has 5 heteroatoms. The van der Waals surface area contributed by atoms with Gasteiger partial charge in [-0.2, -0.15) is 0 Å². The maximum absolute atomic E-state index is 12.1. The Morgan fingerprint density at radius 3 is 2.95 bits per heavy atom. The van der Waals surface area contributed by atoms with E-state index < -0.39 is 0 Å². The summed E-state index contributed by atoms with van der Waals surface area (Å²) < 4.78 is 5.00.